The van der Waals surface area contributed by atoms with Crippen molar-refractivity contribution in [3.8, 4) is 5.75 Å². The SMILES string of the molecule is O=C/C(=C(/c1ccc(O)cc1)c1ccc(Cl)cc1)S(=O)(=O)Cc1ccc(Cl)c(Cl)c1. The van der Waals surface area contributed by atoms with Gasteiger partial charge in [-0.1, -0.05) is 65.1 Å². The molecule has 0 atom stereocenters. The van der Waals surface area contributed by atoms with Gasteiger partial charge in [-0.15, -0.1) is 0 Å². The highest BCUT2D eigenvalue weighted by Crippen LogP contribution is 2.32. The van der Waals surface area contributed by atoms with Gasteiger partial charge in [-0.25, -0.2) is 8.42 Å². The maximum Gasteiger partial charge on any atom is 0.186 e. The van der Waals surface area contributed by atoms with Crippen molar-refractivity contribution in [3.63, 3.8) is 0 Å². The first-order valence-electron chi connectivity index (χ1n) is 8.63. The Morgan fingerprint density at radius 1 is 0.833 bits per heavy atom. The highest BCUT2D eigenvalue weighted by Gasteiger charge is 2.25. The number of hydrogen-bond donors (Lipinski definition) is 1. The molecule has 1 N–H and O–H groups in total. The van der Waals surface area contributed by atoms with Gasteiger partial charge < -0.3 is 5.11 Å². The van der Waals surface area contributed by atoms with E-state index in [0.717, 1.165) is 0 Å². The fourth-order valence-corrected chi connectivity index (χ4v) is 4.82. The summed E-state index contributed by atoms with van der Waals surface area (Å²) in [6.07, 6.45) is 0.323. The number of carbonyl (C=O) groups is 1. The number of benzene rings is 3. The summed E-state index contributed by atoms with van der Waals surface area (Å²) in [5.74, 6) is -0.423. The molecule has 0 heterocycles. The fraction of sp³-hybridized carbons (Fsp3) is 0.0455. The monoisotopic (exact) mass is 480 g/mol. The Morgan fingerprint density at radius 2 is 1.40 bits per heavy atom. The van der Waals surface area contributed by atoms with Gasteiger partial charge in [0.15, 0.2) is 16.1 Å². The maximum atomic E-state index is 13.2. The van der Waals surface area contributed by atoms with Crippen LogP contribution in [0.1, 0.15) is 16.7 Å². The van der Waals surface area contributed by atoms with E-state index in [9.17, 15) is 18.3 Å². The molecule has 0 amide bonds. The van der Waals surface area contributed by atoms with Gasteiger partial charge in [0.1, 0.15) is 10.7 Å². The molecule has 0 aliphatic carbocycles. The van der Waals surface area contributed by atoms with Gasteiger partial charge in [-0.05, 0) is 53.1 Å². The molecule has 0 aliphatic heterocycles. The standard InChI is InChI=1S/C22H15Cl3O4S/c23-17-6-2-15(3-7-17)22(16-4-8-18(27)9-5-16)21(12-26)30(28,29)13-14-1-10-19(24)20(25)11-14/h1-12,27H,13H2/b22-21-. The van der Waals surface area contributed by atoms with Crippen molar-refractivity contribution in [3.05, 3.63) is 103 Å². The number of halogens is 3. The fourth-order valence-electron chi connectivity index (χ4n) is 2.91. The number of hydrogen-bond acceptors (Lipinski definition) is 4. The van der Waals surface area contributed by atoms with Gasteiger partial charge in [0, 0.05) is 10.6 Å². The van der Waals surface area contributed by atoms with E-state index < -0.39 is 15.6 Å². The molecule has 0 fully saturated rings. The van der Waals surface area contributed by atoms with Gasteiger partial charge >= 0.3 is 0 Å². The number of aromatic hydroxyl groups is 1. The second-order valence-electron chi connectivity index (χ2n) is 6.42. The average Bonchev–Trinajstić information content (AvgIpc) is 2.70. The molecular formula is C22H15Cl3O4S. The van der Waals surface area contributed by atoms with Crippen molar-refractivity contribution in [1.82, 2.24) is 0 Å². The van der Waals surface area contributed by atoms with E-state index >= 15 is 0 Å². The van der Waals surface area contributed by atoms with Crippen LogP contribution in [0.5, 0.6) is 5.75 Å². The summed E-state index contributed by atoms with van der Waals surface area (Å²) >= 11 is 17.9. The third kappa shape index (κ3) is 5.05. The average molecular weight is 482 g/mol. The van der Waals surface area contributed by atoms with E-state index in [4.69, 9.17) is 34.8 Å². The van der Waals surface area contributed by atoms with Gasteiger partial charge in [0.25, 0.3) is 0 Å². The second-order valence-corrected chi connectivity index (χ2v) is 9.63. The Hall–Kier alpha value is -2.31. The zero-order chi connectivity index (χ0) is 21.9. The first-order chi connectivity index (χ1) is 14.2. The van der Waals surface area contributed by atoms with Gasteiger partial charge in [0.2, 0.25) is 0 Å². The Bertz CT molecular complexity index is 1170. The van der Waals surface area contributed by atoms with Gasteiger partial charge in [0.05, 0.1) is 15.8 Å². The van der Waals surface area contributed by atoms with Crippen LogP contribution in [0.2, 0.25) is 15.1 Å². The van der Waals surface area contributed by atoms with Crippen LogP contribution in [-0.2, 0) is 20.4 Å². The van der Waals surface area contributed by atoms with Crippen molar-refractivity contribution in [1.29, 1.82) is 0 Å². The smallest absolute Gasteiger partial charge is 0.186 e. The molecule has 4 nitrogen and oxygen atoms in total. The zero-order valence-electron chi connectivity index (χ0n) is 15.3. The molecular weight excluding hydrogens is 467 g/mol. The van der Waals surface area contributed by atoms with Gasteiger partial charge in [-0.2, -0.15) is 0 Å². The van der Waals surface area contributed by atoms with Crippen LogP contribution in [0.25, 0.3) is 5.57 Å². The Balaban J connectivity index is 2.20. The minimum absolute atomic E-state index is 0.0144. The van der Waals surface area contributed by atoms with E-state index in [0.29, 0.717) is 33.0 Å². The second kappa shape index (κ2) is 9.23. The van der Waals surface area contributed by atoms with E-state index in [1.54, 1.807) is 24.3 Å². The van der Waals surface area contributed by atoms with Crippen molar-refractivity contribution in [2.24, 2.45) is 0 Å². The van der Waals surface area contributed by atoms with E-state index in [-0.39, 0.29) is 21.3 Å². The number of sulfone groups is 1. The topological polar surface area (TPSA) is 71.4 Å². The molecule has 0 bridgehead atoms. The normalized spacial score (nSPS) is 12.4. The van der Waals surface area contributed by atoms with Crippen molar-refractivity contribution >= 4 is 56.5 Å². The first kappa shape index (κ1) is 22.4. The van der Waals surface area contributed by atoms with Crippen LogP contribution < -0.4 is 0 Å². The van der Waals surface area contributed by atoms with E-state index in [2.05, 4.69) is 0 Å². The molecule has 0 aliphatic rings. The molecule has 3 rings (SSSR count). The van der Waals surface area contributed by atoms with Crippen molar-refractivity contribution in [2.45, 2.75) is 5.75 Å². The lowest BCUT2D eigenvalue weighted by Crippen LogP contribution is -2.12. The molecule has 3 aromatic rings. The first-order valence-corrected chi connectivity index (χ1v) is 11.4. The summed E-state index contributed by atoms with van der Waals surface area (Å²) in [5, 5.41) is 10.6. The Morgan fingerprint density at radius 3 is 1.93 bits per heavy atom. The van der Waals surface area contributed by atoms with Crippen LogP contribution in [0.15, 0.2) is 71.6 Å². The van der Waals surface area contributed by atoms with Gasteiger partial charge in [-0.3, -0.25) is 4.79 Å². The molecule has 0 saturated heterocycles. The highest BCUT2D eigenvalue weighted by molar-refractivity contribution is 7.95. The van der Waals surface area contributed by atoms with E-state index in [1.165, 1.54) is 42.5 Å². The molecule has 0 unspecified atom stereocenters. The third-order valence-electron chi connectivity index (χ3n) is 4.32. The minimum atomic E-state index is -4.06. The molecule has 0 spiro atoms. The lowest BCUT2D eigenvalue weighted by molar-refractivity contribution is -0.104. The quantitative estimate of drug-likeness (QED) is 0.350. The number of aldehydes is 1. The Kier molecular flexibility index (Phi) is 6.88. The molecule has 0 saturated carbocycles. The minimum Gasteiger partial charge on any atom is -0.508 e. The predicted molar refractivity (Wildman–Crippen MR) is 121 cm³/mol. The van der Waals surface area contributed by atoms with Crippen molar-refractivity contribution in [2.75, 3.05) is 0 Å². The zero-order valence-corrected chi connectivity index (χ0v) is 18.4. The number of rotatable bonds is 6. The molecule has 0 radical (unpaired) electrons. The summed E-state index contributed by atoms with van der Waals surface area (Å²) in [6, 6.07) is 16.9. The van der Waals surface area contributed by atoms with Crippen LogP contribution >= 0.6 is 34.8 Å². The maximum absolute atomic E-state index is 13.2. The van der Waals surface area contributed by atoms with Crippen LogP contribution in [0.3, 0.4) is 0 Å². The predicted octanol–water partition coefficient (Wildman–Crippen LogP) is 5.93. The summed E-state index contributed by atoms with van der Waals surface area (Å²) in [6.45, 7) is 0. The molecule has 3 aromatic carbocycles. The lowest BCUT2D eigenvalue weighted by Gasteiger charge is -2.14. The molecule has 8 heteroatoms. The molecule has 154 valence electrons. The molecule has 30 heavy (non-hydrogen) atoms. The lowest BCUT2D eigenvalue weighted by atomic mass is 9.97. The largest absolute Gasteiger partial charge is 0.508 e. The summed E-state index contributed by atoms with van der Waals surface area (Å²) in [4.78, 5) is 11.6. The van der Waals surface area contributed by atoms with Crippen LogP contribution in [0, 0.1) is 0 Å². The third-order valence-corrected chi connectivity index (χ3v) is 6.99. The van der Waals surface area contributed by atoms with Crippen LogP contribution in [-0.4, -0.2) is 19.8 Å². The number of carbonyl (C=O) groups excluding carboxylic acids is 1. The Labute approximate surface area is 189 Å². The van der Waals surface area contributed by atoms with Crippen molar-refractivity contribution < 1.29 is 18.3 Å². The summed E-state index contributed by atoms with van der Waals surface area (Å²) in [7, 11) is -4.06. The van der Waals surface area contributed by atoms with Crippen LogP contribution in [0.4, 0.5) is 0 Å². The summed E-state index contributed by atoms with van der Waals surface area (Å²) < 4.78 is 26.4. The number of phenols is 1. The number of allylic oxidation sites excluding steroid dienone is 1. The summed E-state index contributed by atoms with van der Waals surface area (Å²) in [5.41, 5.74) is 1.55. The number of phenolic OH excluding ortho intramolecular Hbond substituents is 1. The van der Waals surface area contributed by atoms with E-state index in [1.807, 2.05) is 0 Å². The highest BCUT2D eigenvalue weighted by atomic mass is 35.5. The molecule has 0 aromatic heterocycles.